The van der Waals surface area contributed by atoms with E-state index in [2.05, 4.69) is 0 Å². The summed E-state index contributed by atoms with van der Waals surface area (Å²) in [6.45, 7) is 2.31. The molecule has 0 aliphatic rings. The molecule has 1 atom stereocenters. The highest BCUT2D eigenvalue weighted by Gasteiger charge is 2.02. The molecule has 2 nitrogen and oxygen atoms in total. The maximum Gasteiger partial charge on any atom is 0.293 e. The Morgan fingerprint density at radius 3 is 2.55 bits per heavy atom. The first-order chi connectivity index (χ1) is 5.34. The molecule has 0 amide bonds. The van der Waals surface area contributed by atoms with Gasteiger partial charge in [-0.15, -0.1) is 0 Å². The Morgan fingerprint density at radius 2 is 2.00 bits per heavy atom. The van der Waals surface area contributed by atoms with Crippen LogP contribution in [0.1, 0.15) is 18.6 Å². The smallest absolute Gasteiger partial charge is 0.293 e. The maximum atomic E-state index is 9.97. The van der Waals surface area contributed by atoms with Crippen LogP contribution in [-0.2, 0) is 9.53 Å². The van der Waals surface area contributed by atoms with Gasteiger partial charge in [0.25, 0.3) is 6.47 Å². The highest BCUT2D eigenvalue weighted by atomic mass is 16.5. The Kier molecular flexibility index (Phi) is 2.66. The first-order valence-corrected chi connectivity index (χ1v) is 3.48. The van der Waals surface area contributed by atoms with E-state index in [1.165, 1.54) is 0 Å². The molecule has 0 saturated carbocycles. The van der Waals surface area contributed by atoms with E-state index < -0.39 is 0 Å². The zero-order valence-electron chi connectivity index (χ0n) is 6.36. The van der Waals surface area contributed by atoms with Crippen molar-refractivity contribution in [3.05, 3.63) is 35.9 Å². The molecule has 0 aromatic heterocycles. The van der Waals surface area contributed by atoms with E-state index in [0.717, 1.165) is 5.56 Å². The van der Waals surface area contributed by atoms with Gasteiger partial charge in [0, 0.05) is 0 Å². The van der Waals surface area contributed by atoms with Crippen molar-refractivity contribution in [1.82, 2.24) is 0 Å². The van der Waals surface area contributed by atoms with Gasteiger partial charge in [-0.05, 0) is 12.5 Å². The van der Waals surface area contributed by atoms with Crippen molar-refractivity contribution >= 4 is 6.47 Å². The SMILES string of the molecule is CC(OC=O)c1ccccc1. The van der Waals surface area contributed by atoms with E-state index in [1.54, 1.807) is 0 Å². The van der Waals surface area contributed by atoms with E-state index >= 15 is 0 Å². The Morgan fingerprint density at radius 1 is 1.36 bits per heavy atom. The molecule has 0 heterocycles. The Hall–Kier alpha value is -1.31. The molecule has 1 unspecified atom stereocenters. The van der Waals surface area contributed by atoms with E-state index in [4.69, 9.17) is 4.74 Å². The number of carbonyl (C=O) groups is 1. The molecule has 1 aromatic carbocycles. The fourth-order valence-corrected chi connectivity index (χ4v) is 0.886. The normalized spacial score (nSPS) is 12.1. The third kappa shape index (κ3) is 2.08. The minimum absolute atomic E-state index is 0.145. The van der Waals surface area contributed by atoms with Crippen LogP contribution >= 0.6 is 0 Å². The predicted octanol–water partition coefficient (Wildman–Crippen LogP) is 1.92. The number of rotatable bonds is 3. The zero-order valence-corrected chi connectivity index (χ0v) is 6.36. The number of ether oxygens (including phenoxy) is 1. The predicted molar refractivity (Wildman–Crippen MR) is 42.0 cm³/mol. The summed E-state index contributed by atoms with van der Waals surface area (Å²) in [6.07, 6.45) is -0.145. The van der Waals surface area contributed by atoms with Crippen molar-refractivity contribution in [2.75, 3.05) is 0 Å². The van der Waals surface area contributed by atoms with Crippen LogP contribution in [0.5, 0.6) is 0 Å². The Labute approximate surface area is 65.8 Å². The van der Waals surface area contributed by atoms with Crippen LogP contribution in [0, 0.1) is 0 Å². The topological polar surface area (TPSA) is 26.3 Å². The number of hydrogen-bond donors (Lipinski definition) is 0. The lowest BCUT2D eigenvalue weighted by atomic mass is 10.1. The van der Waals surface area contributed by atoms with Gasteiger partial charge in [0.05, 0.1) is 0 Å². The van der Waals surface area contributed by atoms with Crippen LogP contribution in [0.25, 0.3) is 0 Å². The quantitative estimate of drug-likeness (QED) is 0.615. The Bertz CT molecular complexity index is 218. The van der Waals surface area contributed by atoms with Crippen LogP contribution in [-0.4, -0.2) is 6.47 Å². The fourth-order valence-electron chi connectivity index (χ4n) is 0.886. The van der Waals surface area contributed by atoms with Gasteiger partial charge in [-0.1, -0.05) is 30.3 Å². The van der Waals surface area contributed by atoms with Gasteiger partial charge < -0.3 is 4.74 Å². The molecule has 0 spiro atoms. The molecule has 0 bridgehead atoms. The minimum Gasteiger partial charge on any atom is -0.460 e. The van der Waals surface area contributed by atoms with Gasteiger partial charge >= 0.3 is 0 Å². The van der Waals surface area contributed by atoms with Crippen molar-refractivity contribution < 1.29 is 9.53 Å². The third-order valence-corrected chi connectivity index (χ3v) is 1.53. The van der Waals surface area contributed by atoms with Crippen molar-refractivity contribution in [1.29, 1.82) is 0 Å². The molecule has 11 heavy (non-hydrogen) atoms. The molecule has 0 aliphatic carbocycles. The molecule has 2 heteroatoms. The summed E-state index contributed by atoms with van der Waals surface area (Å²) in [5.74, 6) is 0. The second-order valence-corrected chi connectivity index (χ2v) is 2.29. The maximum absolute atomic E-state index is 9.97. The minimum atomic E-state index is -0.145. The number of hydrogen-bond acceptors (Lipinski definition) is 2. The van der Waals surface area contributed by atoms with E-state index in [0.29, 0.717) is 6.47 Å². The average Bonchev–Trinajstić information content (AvgIpc) is 2.07. The molecule has 58 valence electrons. The van der Waals surface area contributed by atoms with Gasteiger partial charge in [0.2, 0.25) is 0 Å². The molecule has 0 aliphatic heterocycles. The van der Waals surface area contributed by atoms with Crippen molar-refractivity contribution in [2.45, 2.75) is 13.0 Å². The van der Waals surface area contributed by atoms with E-state index in [-0.39, 0.29) is 6.10 Å². The molecule has 1 rings (SSSR count). The van der Waals surface area contributed by atoms with Gasteiger partial charge in [-0.3, -0.25) is 4.79 Å². The lowest BCUT2D eigenvalue weighted by molar-refractivity contribution is -0.133. The first kappa shape index (κ1) is 7.79. The van der Waals surface area contributed by atoms with E-state index in [1.807, 2.05) is 37.3 Å². The summed E-state index contributed by atoms with van der Waals surface area (Å²) < 4.78 is 4.75. The zero-order chi connectivity index (χ0) is 8.10. The number of benzene rings is 1. The molecule has 0 radical (unpaired) electrons. The first-order valence-electron chi connectivity index (χ1n) is 3.48. The van der Waals surface area contributed by atoms with Crippen LogP contribution < -0.4 is 0 Å². The summed E-state index contributed by atoms with van der Waals surface area (Å²) in [6, 6.07) is 9.61. The van der Waals surface area contributed by atoms with Gasteiger partial charge in [-0.25, -0.2) is 0 Å². The fraction of sp³-hybridized carbons (Fsp3) is 0.222. The highest BCUT2D eigenvalue weighted by Crippen LogP contribution is 2.13. The van der Waals surface area contributed by atoms with Gasteiger partial charge in [0.15, 0.2) is 0 Å². The van der Waals surface area contributed by atoms with Gasteiger partial charge in [0.1, 0.15) is 6.10 Å². The van der Waals surface area contributed by atoms with E-state index in [9.17, 15) is 4.79 Å². The monoisotopic (exact) mass is 150 g/mol. The molecule has 0 saturated heterocycles. The summed E-state index contributed by atoms with van der Waals surface area (Å²) in [7, 11) is 0. The summed E-state index contributed by atoms with van der Waals surface area (Å²) >= 11 is 0. The van der Waals surface area contributed by atoms with Crippen LogP contribution in [0.4, 0.5) is 0 Å². The summed E-state index contributed by atoms with van der Waals surface area (Å²) in [5.41, 5.74) is 1.01. The lowest BCUT2D eigenvalue weighted by Gasteiger charge is -2.08. The van der Waals surface area contributed by atoms with Crippen molar-refractivity contribution in [3.63, 3.8) is 0 Å². The number of carbonyl (C=O) groups excluding carboxylic acids is 1. The molecule has 1 aromatic rings. The molecular formula is C9H10O2. The average molecular weight is 150 g/mol. The van der Waals surface area contributed by atoms with Crippen LogP contribution in [0.2, 0.25) is 0 Å². The lowest BCUT2D eigenvalue weighted by Crippen LogP contribution is -1.96. The van der Waals surface area contributed by atoms with Crippen LogP contribution in [0.15, 0.2) is 30.3 Å². The highest BCUT2D eigenvalue weighted by molar-refractivity contribution is 5.38. The standard InChI is InChI=1S/C9H10O2/c1-8(11-7-10)9-5-3-2-4-6-9/h2-8H,1H3. The molecule has 0 fully saturated rings. The van der Waals surface area contributed by atoms with Crippen molar-refractivity contribution in [3.8, 4) is 0 Å². The molecular weight excluding hydrogens is 140 g/mol. The van der Waals surface area contributed by atoms with Crippen LogP contribution in [0.3, 0.4) is 0 Å². The second-order valence-electron chi connectivity index (χ2n) is 2.29. The van der Waals surface area contributed by atoms with Gasteiger partial charge in [-0.2, -0.15) is 0 Å². The third-order valence-electron chi connectivity index (χ3n) is 1.53. The Balaban J connectivity index is 2.68. The van der Waals surface area contributed by atoms with Crippen molar-refractivity contribution in [2.24, 2.45) is 0 Å². The summed E-state index contributed by atoms with van der Waals surface area (Å²) in [4.78, 5) is 9.97. The summed E-state index contributed by atoms with van der Waals surface area (Å²) in [5, 5.41) is 0. The second kappa shape index (κ2) is 3.76. The molecule has 0 N–H and O–H groups in total. The largest absolute Gasteiger partial charge is 0.460 e.